The van der Waals surface area contributed by atoms with Crippen molar-refractivity contribution >= 4 is 60.7 Å². The largest absolute Gasteiger partial charge is 0.344 e. The molecule has 5 rings (SSSR count). The number of benzene rings is 2. The summed E-state index contributed by atoms with van der Waals surface area (Å²) in [5.74, 6) is 2.11. The molecule has 0 aliphatic carbocycles. The molecule has 3 aliphatic rings. The third-order valence-electron chi connectivity index (χ3n) is 9.50. The van der Waals surface area contributed by atoms with Crippen LogP contribution in [0.5, 0.6) is 0 Å². The number of fused-ring (bicyclic) bond motifs is 2. The van der Waals surface area contributed by atoms with E-state index in [2.05, 4.69) is 150 Å². The van der Waals surface area contributed by atoms with Gasteiger partial charge in [-0.3, -0.25) is 0 Å². The van der Waals surface area contributed by atoms with Gasteiger partial charge in [-0.15, -0.1) is 0 Å². The van der Waals surface area contributed by atoms with Crippen molar-refractivity contribution in [1.82, 2.24) is 0 Å². The van der Waals surface area contributed by atoms with Crippen molar-refractivity contribution in [2.75, 3.05) is 29.5 Å². The summed E-state index contributed by atoms with van der Waals surface area (Å²) in [7, 11) is 0. The molecule has 0 fully saturated rings. The molecule has 0 spiro atoms. The third kappa shape index (κ3) is 6.95. The number of rotatable bonds is 11. The smallest absolute Gasteiger partial charge is 0.209 e. The van der Waals surface area contributed by atoms with Gasteiger partial charge in [0.25, 0.3) is 0 Å². The number of allylic oxidation sites excluding steroid dienone is 6. The predicted octanol–water partition coefficient (Wildman–Crippen LogP) is 11.8. The van der Waals surface area contributed by atoms with Gasteiger partial charge in [0.1, 0.15) is 6.54 Å². The highest BCUT2D eigenvalue weighted by Gasteiger charge is 2.44. The van der Waals surface area contributed by atoms with Crippen molar-refractivity contribution in [1.29, 1.82) is 0 Å². The monoisotopic (exact) mass is 735 g/mol. The molecule has 3 aliphatic heterocycles. The lowest BCUT2D eigenvalue weighted by Gasteiger charge is -2.27. The van der Waals surface area contributed by atoms with E-state index in [1.807, 2.05) is 11.8 Å². The maximum Gasteiger partial charge on any atom is 0.209 e. The maximum atomic E-state index is 3.73. The van der Waals surface area contributed by atoms with E-state index >= 15 is 0 Å². The van der Waals surface area contributed by atoms with Gasteiger partial charge in [0.2, 0.25) is 5.69 Å². The molecule has 2 aromatic carbocycles. The van der Waals surface area contributed by atoms with E-state index in [1.165, 1.54) is 83.6 Å². The molecule has 0 bridgehead atoms. The lowest BCUT2D eigenvalue weighted by Crippen LogP contribution is -2.28. The van der Waals surface area contributed by atoms with E-state index < -0.39 is 0 Å². The summed E-state index contributed by atoms with van der Waals surface area (Å²) in [5, 5.41) is 0. The summed E-state index contributed by atoms with van der Waals surface area (Å²) < 4.78 is 4.89. The van der Waals surface area contributed by atoms with E-state index in [4.69, 9.17) is 0 Å². The normalized spacial score (nSPS) is 20.6. The summed E-state index contributed by atoms with van der Waals surface area (Å²) in [4.78, 5) is 2.58. The lowest BCUT2D eigenvalue weighted by molar-refractivity contribution is -0.438. The third-order valence-corrected chi connectivity index (χ3v) is 11.6. The van der Waals surface area contributed by atoms with Gasteiger partial charge in [0.05, 0.1) is 5.41 Å². The average molecular weight is 738 g/mol. The van der Waals surface area contributed by atoms with Crippen LogP contribution in [0.1, 0.15) is 91.2 Å². The minimum absolute atomic E-state index is 0.0351. The van der Waals surface area contributed by atoms with Gasteiger partial charge in [-0.1, -0.05) is 97.0 Å². The molecule has 0 N–H and O–H groups in total. The van der Waals surface area contributed by atoms with Gasteiger partial charge in [0.15, 0.2) is 5.71 Å². The Kier molecular flexibility index (Phi) is 10.9. The predicted molar refractivity (Wildman–Crippen MR) is 201 cm³/mol. The second kappa shape index (κ2) is 14.3. The first-order chi connectivity index (χ1) is 21.1. The number of hydrogen-bond donors (Lipinski definition) is 0. The quantitative estimate of drug-likeness (QED) is 0.167. The first-order valence-corrected chi connectivity index (χ1v) is 19.2. The highest BCUT2D eigenvalue weighted by Crippen LogP contribution is 2.49. The Morgan fingerprint density at radius 2 is 1.52 bits per heavy atom. The molecule has 44 heavy (non-hydrogen) atoms. The van der Waals surface area contributed by atoms with Crippen LogP contribution in [0.4, 0.5) is 11.4 Å². The molecule has 0 amide bonds. The van der Waals surface area contributed by atoms with Gasteiger partial charge in [-0.25, -0.2) is 0 Å². The Hall–Kier alpha value is -1.82. The van der Waals surface area contributed by atoms with Crippen molar-refractivity contribution in [3.63, 3.8) is 0 Å². The van der Waals surface area contributed by atoms with Crippen LogP contribution < -0.4 is 4.90 Å². The molecular weight excluding hydrogens is 688 g/mol. The van der Waals surface area contributed by atoms with Crippen molar-refractivity contribution in [3.05, 3.63) is 104 Å². The lowest BCUT2D eigenvalue weighted by atomic mass is 9.81. The summed E-state index contributed by atoms with van der Waals surface area (Å²) in [5.41, 5.74) is 11.1. The Bertz CT molecular complexity index is 1540. The fourth-order valence-electron chi connectivity index (χ4n) is 6.99. The zero-order chi connectivity index (χ0) is 31.5. The minimum atomic E-state index is -0.0351. The second-order valence-corrected chi connectivity index (χ2v) is 16.3. The maximum absolute atomic E-state index is 3.73. The summed E-state index contributed by atoms with van der Waals surface area (Å²) in [6.07, 6.45) is 19.5. The van der Waals surface area contributed by atoms with Crippen LogP contribution in [0.25, 0.3) is 0 Å². The Morgan fingerprint density at radius 1 is 0.818 bits per heavy atom. The second-order valence-electron chi connectivity index (χ2n) is 13.5. The highest BCUT2D eigenvalue weighted by atomic mass is 79.9. The molecule has 5 heteroatoms. The van der Waals surface area contributed by atoms with Crippen LogP contribution in [-0.4, -0.2) is 34.9 Å². The molecule has 3 heterocycles. The van der Waals surface area contributed by atoms with Gasteiger partial charge < -0.3 is 4.90 Å². The van der Waals surface area contributed by atoms with Crippen LogP contribution >= 0.6 is 43.6 Å². The van der Waals surface area contributed by atoms with Crippen molar-refractivity contribution in [2.24, 2.45) is 0 Å². The van der Waals surface area contributed by atoms with Gasteiger partial charge in [-0.2, -0.15) is 16.3 Å². The van der Waals surface area contributed by atoms with Crippen LogP contribution in [0.3, 0.4) is 0 Å². The number of hydrogen-bond acceptors (Lipinski definition) is 2. The molecule has 0 atom stereocenters. The van der Waals surface area contributed by atoms with E-state index in [9.17, 15) is 0 Å². The van der Waals surface area contributed by atoms with Crippen LogP contribution in [0.15, 0.2) is 92.6 Å². The van der Waals surface area contributed by atoms with E-state index in [0.717, 1.165) is 33.5 Å². The summed E-state index contributed by atoms with van der Waals surface area (Å²) in [6, 6.07) is 13.6. The molecule has 2 nitrogen and oxygen atoms in total. The molecule has 2 aromatic rings. The van der Waals surface area contributed by atoms with Gasteiger partial charge >= 0.3 is 0 Å². The van der Waals surface area contributed by atoms with Gasteiger partial charge in [-0.05, 0) is 79.8 Å². The first kappa shape index (κ1) is 33.5. The Labute approximate surface area is 287 Å². The van der Waals surface area contributed by atoms with Crippen LogP contribution in [0.2, 0.25) is 0 Å². The van der Waals surface area contributed by atoms with Gasteiger partial charge in [0, 0.05) is 67.9 Å². The molecular formula is C39H49Br2N2S+. The number of unbranched alkanes of at least 4 members (excludes halogenated alkanes) is 4. The molecule has 0 radical (unpaired) electrons. The minimum Gasteiger partial charge on any atom is -0.344 e. The highest BCUT2D eigenvalue weighted by molar-refractivity contribution is 9.10. The standard InChI is InChI=1S/C39H49Br2N2S/c1-7-9-11-21-42-34-17-15-30(40)24-32(34)38(3,4)36(42)19-13-28-23-29(27-44-26-28)14-20-37-39(5,6)33-25-31(41)16-18-35(33)43(37)22-12-10-8-2/h13-20,23-25H,7-12,21-22,26-27H2,1-6H3/q+1. The SMILES string of the molecule is CCCCCN1/C(=C/C=C2C=C(/C=C/C3=[N+](CCCCC)c4ccc(Br)cc4C3(C)C)CSC/2)C(C)(C)c2cc(Br)ccc21. The topological polar surface area (TPSA) is 6.25 Å². The summed E-state index contributed by atoms with van der Waals surface area (Å²) in [6.45, 7) is 16.2. The molecule has 0 saturated carbocycles. The molecule has 234 valence electrons. The first-order valence-electron chi connectivity index (χ1n) is 16.5. The zero-order valence-corrected chi connectivity index (χ0v) is 31.5. The number of thioether (sulfide) groups is 1. The molecule has 0 unspecified atom stereocenters. The fraction of sp³-hybridized carbons (Fsp3) is 0.462. The van der Waals surface area contributed by atoms with Crippen molar-refractivity contribution < 1.29 is 4.58 Å². The average Bonchev–Trinajstić information content (AvgIpc) is 3.33. The number of anilines is 1. The Morgan fingerprint density at radius 3 is 2.27 bits per heavy atom. The summed E-state index contributed by atoms with van der Waals surface area (Å²) >= 11 is 9.49. The van der Waals surface area contributed by atoms with Crippen molar-refractivity contribution in [2.45, 2.75) is 90.9 Å². The molecule has 0 aromatic heterocycles. The van der Waals surface area contributed by atoms with E-state index in [1.54, 1.807) is 0 Å². The Balaban J connectivity index is 1.44. The number of halogens is 2. The van der Waals surface area contributed by atoms with Crippen LogP contribution in [-0.2, 0) is 10.8 Å². The van der Waals surface area contributed by atoms with Crippen molar-refractivity contribution in [3.8, 4) is 0 Å². The number of nitrogens with zero attached hydrogens (tertiary/aromatic N) is 2. The fourth-order valence-corrected chi connectivity index (χ4v) is 8.64. The van der Waals surface area contributed by atoms with E-state index in [0.29, 0.717) is 0 Å². The van der Waals surface area contributed by atoms with E-state index in [-0.39, 0.29) is 10.8 Å². The zero-order valence-electron chi connectivity index (χ0n) is 27.5. The molecule has 0 saturated heterocycles. The van der Waals surface area contributed by atoms with Crippen LogP contribution in [0, 0.1) is 0 Å².